The number of halogens is 1. The Morgan fingerprint density at radius 3 is 2.80 bits per heavy atom. The van der Waals surface area contributed by atoms with Crippen molar-refractivity contribution in [3.63, 3.8) is 0 Å². The third kappa shape index (κ3) is 3.26. The molecule has 1 spiro atoms. The van der Waals surface area contributed by atoms with E-state index in [0.29, 0.717) is 10.3 Å². The van der Waals surface area contributed by atoms with Gasteiger partial charge in [-0.05, 0) is 43.9 Å². The maximum Gasteiger partial charge on any atom is 0.0693 e. The molecule has 2 nitrogen and oxygen atoms in total. The molecule has 1 saturated heterocycles. The molecule has 1 heterocycles. The fourth-order valence-electron chi connectivity index (χ4n) is 3.43. The molecule has 1 atom stereocenters. The molecular weight excluding hydrogens is 290 g/mol. The molecule has 110 valence electrons. The van der Waals surface area contributed by atoms with Crippen LogP contribution in [-0.2, 0) is 4.74 Å². The summed E-state index contributed by atoms with van der Waals surface area (Å²) in [5.41, 5.74) is 7.03. The zero-order valence-electron chi connectivity index (χ0n) is 11.7. The van der Waals surface area contributed by atoms with Crippen LogP contribution in [-0.4, -0.2) is 17.5 Å². The third-order valence-electron chi connectivity index (χ3n) is 4.48. The van der Waals surface area contributed by atoms with Gasteiger partial charge in [-0.1, -0.05) is 30.9 Å². The number of hydrogen-bond donors (Lipinski definition) is 1. The molecule has 2 fully saturated rings. The summed E-state index contributed by atoms with van der Waals surface area (Å²) in [5.74, 6) is 0. The van der Waals surface area contributed by atoms with Crippen molar-refractivity contribution in [3.05, 3.63) is 23.2 Å². The second-order valence-corrected chi connectivity index (χ2v) is 7.79. The largest absolute Gasteiger partial charge is 0.398 e. The lowest BCUT2D eigenvalue weighted by Crippen LogP contribution is -2.42. The smallest absolute Gasteiger partial charge is 0.0693 e. The van der Waals surface area contributed by atoms with Crippen LogP contribution >= 0.6 is 23.4 Å². The summed E-state index contributed by atoms with van der Waals surface area (Å²) in [4.78, 5) is 1.16. The molecule has 2 aliphatic rings. The molecule has 3 rings (SSSR count). The van der Waals surface area contributed by atoms with Crippen LogP contribution in [0.1, 0.15) is 44.9 Å². The molecule has 0 amide bonds. The Morgan fingerprint density at radius 2 is 2.05 bits per heavy atom. The van der Waals surface area contributed by atoms with E-state index in [0.717, 1.165) is 23.6 Å². The van der Waals surface area contributed by atoms with Crippen LogP contribution in [0.15, 0.2) is 23.1 Å². The van der Waals surface area contributed by atoms with Gasteiger partial charge >= 0.3 is 0 Å². The normalized spacial score (nSPS) is 25.8. The average Bonchev–Trinajstić information content (AvgIpc) is 2.43. The standard InChI is InChI=1S/C16H22ClNOS/c17-12-4-5-15(14(18)10-12)20-13-6-9-19-16(11-13)7-2-1-3-8-16/h4-5,10,13H,1-3,6-9,11,18H2. The van der Waals surface area contributed by atoms with Gasteiger partial charge in [-0.15, -0.1) is 11.8 Å². The van der Waals surface area contributed by atoms with Gasteiger partial charge in [0.1, 0.15) is 0 Å². The average molecular weight is 312 g/mol. The molecule has 1 aromatic rings. The number of benzene rings is 1. The first-order chi connectivity index (χ1) is 9.67. The fourth-order valence-corrected chi connectivity index (χ4v) is 4.92. The molecule has 0 bridgehead atoms. The predicted molar refractivity (Wildman–Crippen MR) is 86.5 cm³/mol. The Kier molecular flexibility index (Phi) is 4.49. The first-order valence-corrected chi connectivity index (χ1v) is 8.78. The minimum atomic E-state index is 0.162. The second-order valence-electron chi connectivity index (χ2n) is 6.01. The van der Waals surface area contributed by atoms with E-state index in [1.165, 1.54) is 38.5 Å². The van der Waals surface area contributed by atoms with Crippen molar-refractivity contribution >= 4 is 29.1 Å². The summed E-state index contributed by atoms with van der Waals surface area (Å²) in [6.45, 7) is 0.894. The highest BCUT2D eigenvalue weighted by Crippen LogP contribution is 2.44. The number of ether oxygens (including phenoxy) is 1. The molecule has 1 aliphatic carbocycles. The van der Waals surface area contributed by atoms with E-state index in [-0.39, 0.29) is 5.60 Å². The van der Waals surface area contributed by atoms with Crippen LogP contribution in [0.3, 0.4) is 0 Å². The molecule has 1 unspecified atom stereocenters. The molecule has 1 aliphatic heterocycles. The van der Waals surface area contributed by atoms with Crippen LogP contribution < -0.4 is 5.73 Å². The van der Waals surface area contributed by atoms with E-state index in [9.17, 15) is 0 Å². The van der Waals surface area contributed by atoms with Crippen LogP contribution in [0.2, 0.25) is 5.02 Å². The highest BCUT2D eigenvalue weighted by atomic mass is 35.5. The first-order valence-electron chi connectivity index (χ1n) is 7.53. The summed E-state index contributed by atoms with van der Waals surface area (Å²) in [7, 11) is 0. The molecule has 1 aromatic carbocycles. The summed E-state index contributed by atoms with van der Waals surface area (Å²) < 4.78 is 6.16. The SMILES string of the molecule is Nc1cc(Cl)ccc1SC1CCOC2(CCCCC2)C1. The summed E-state index contributed by atoms with van der Waals surface area (Å²) in [6.07, 6.45) is 8.77. The van der Waals surface area contributed by atoms with Gasteiger partial charge in [0, 0.05) is 27.5 Å². The van der Waals surface area contributed by atoms with Crippen molar-refractivity contribution in [1.82, 2.24) is 0 Å². The van der Waals surface area contributed by atoms with Crippen LogP contribution in [0.4, 0.5) is 5.69 Å². The maximum absolute atomic E-state index is 6.16. The molecule has 2 N–H and O–H groups in total. The van der Waals surface area contributed by atoms with Gasteiger partial charge in [0.05, 0.1) is 5.60 Å². The van der Waals surface area contributed by atoms with E-state index in [1.807, 2.05) is 30.0 Å². The molecule has 4 heteroatoms. The minimum absolute atomic E-state index is 0.162. The fraction of sp³-hybridized carbons (Fsp3) is 0.625. The number of thioether (sulfide) groups is 1. The zero-order chi connectivity index (χ0) is 14.0. The lowest BCUT2D eigenvalue weighted by Gasteiger charge is -2.43. The number of rotatable bonds is 2. The topological polar surface area (TPSA) is 35.2 Å². The molecule has 0 aromatic heterocycles. The Morgan fingerprint density at radius 1 is 1.25 bits per heavy atom. The Balaban J connectivity index is 1.68. The number of anilines is 1. The third-order valence-corrected chi connectivity index (χ3v) is 6.07. The van der Waals surface area contributed by atoms with Gasteiger partial charge in [0.15, 0.2) is 0 Å². The van der Waals surface area contributed by atoms with E-state index >= 15 is 0 Å². The molecule has 20 heavy (non-hydrogen) atoms. The van der Waals surface area contributed by atoms with E-state index in [2.05, 4.69) is 0 Å². The summed E-state index contributed by atoms with van der Waals surface area (Å²) in [6, 6.07) is 5.82. The first kappa shape index (κ1) is 14.6. The van der Waals surface area contributed by atoms with Gasteiger partial charge < -0.3 is 10.5 Å². The van der Waals surface area contributed by atoms with Gasteiger partial charge in [-0.2, -0.15) is 0 Å². The zero-order valence-corrected chi connectivity index (χ0v) is 13.3. The van der Waals surface area contributed by atoms with Crippen molar-refractivity contribution in [2.75, 3.05) is 12.3 Å². The quantitative estimate of drug-likeness (QED) is 0.789. The summed E-state index contributed by atoms with van der Waals surface area (Å²) >= 11 is 7.87. The van der Waals surface area contributed by atoms with Crippen LogP contribution in [0.25, 0.3) is 0 Å². The lowest BCUT2D eigenvalue weighted by molar-refractivity contribution is -0.0970. The Bertz CT molecular complexity index is 468. The highest BCUT2D eigenvalue weighted by molar-refractivity contribution is 8.00. The highest BCUT2D eigenvalue weighted by Gasteiger charge is 2.38. The number of hydrogen-bond acceptors (Lipinski definition) is 3. The van der Waals surface area contributed by atoms with Crippen molar-refractivity contribution in [2.45, 2.75) is 60.7 Å². The number of nitrogens with two attached hydrogens (primary N) is 1. The van der Waals surface area contributed by atoms with E-state index in [4.69, 9.17) is 22.1 Å². The minimum Gasteiger partial charge on any atom is -0.398 e. The Labute approximate surface area is 130 Å². The van der Waals surface area contributed by atoms with Gasteiger partial charge in [0.25, 0.3) is 0 Å². The summed E-state index contributed by atoms with van der Waals surface area (Å²) in [5, 5.41) is 1.33. The van der Waals surface area contributed by atoms with Crippen LogP contribution in [0.5, 0.6) is 0 Å². The maximum atomic E-state index is 6.16. The van der Waals surface area contributed by atoms with Crippen molar-refractivity contribution in [2.24, 2.45) is 0 Å². The molecule has 0 radical (unpaired) electrons. The van der Waals surface area contributed by atoms with E-state index < -0.39 is 0 Å². The van der Waals surface area contributed by atoms with Gasteiger partial charge in [0.2, 0.25) is 0 Å². The van der Waals surface area contributed by atoms with Crippen molar-refractivity contribution < 1.29 is 4.74 Å². The lowest BCUT2D eigenvalue weighted by atomic mass is 9.80. The van der Waals surface area contributed by atoms with Gasteiger partial charge in [-0.25, -0.2) is 0 Å². The molecule has 1 saturated carbocycles. The van der Waals surface area contributed by atoms with Gasteiger partial charge in [-0.3, -0.25) is 0 Å². The number of nitrogen functional groups attached to an aromatic ring is 1. The van der Waals surface area contributed by atoms with Crippen molar-refractivity contribution in [3.8, 4) is 0 Å². The van der Waals surface area contributed by atoms with Crippen molar-refractivity contribution in [1.29, 1.82) is 0 Å². The predicted octanol–water partition coefficient (Wildman–Crippen LogP) is 4.90. The van der Waals surface area contributed by atoms with E-state index in [1.54, 1.807) is 0 Å². The molecular formula is C16H22ClNOS. The second kappa shape index (κ2) is 6.17. The monoisotopic (exact) mass is 311 g/mol. The Hall–Kier alpha value is -0.380. The van der Waals surface area contributed by atoms with Crippen LogP contribution in [0, 0.1) is 0 Å².